The van der Waals surface area contributed by atoms with Crippen LogP contribution in [0.1, 0.15) is 32.0 Å². The highest BCUT2D eigenvalue weighted by atomic mass is 19.4. The maximum absolute atomic E-state index is 12.7. The molecule has 0 aliphatic rings. The lowest BCUT2D eigenvalue weighted by Gasteiger charge is -2.26. The van der Waals surface area contributed by atoms with Crippen LogP contribution in [-0.4, -0.2) is 16.2 Å². The normalized spacial score (nSPS) is 14.8. The maximum atomic E-state index is 12.7. The Hall–Kier alpha value is -1.10. The van der Waals surface area contributed by atoms with E-state index in [9.17, 15) is 18.3 Å². The molecule has 1 aromatic rings. The lowest BCUT2D eigenvalue weighted by molar-refractivity contribution is -0.138. The van der Waals surface area contributed by atoms with Crippen LogP contribution in [-0.2, 0) is 12.6 Å². The number of nitrogens with zero attached hydrogens (tertiary/aromatic N) is 1. The van der Waals surface area contributed by atoms with Crippen molar-refractivity contribution in [3.63, 3.8) is 0 Å². The average molecular weight is 247 g/mol. The van der Waals surface area contributed by atoms with E-state index < -0.39 is 23.3 Å². The van der Waals surface area contributed by atoms with E-state index in [2.05, 4.69) is 4.98 Å². The zero-order valence-corrected chi connectivity index (χ0v) is 10.0. The molecule has 17 heavy (non-hydrogen) atoms. The molecule has 1 atom stereocenters. The third kappa shape index (κ3) is 3.70. The zero-order chi connectivity index (χ0) is 13.3. The SMILES string of the molecule is CC(C)(C)C(O)Cc1ncccc1C(F)(F)F. The summed E-state index contributed by atoms with van der Waals surface area (Å²) in [6, 6.07) is 2.23. The van der Waals surface area contributed by atoms with Crippen LogP contribution in [0.5, 0.6) is 0 Å². The Balaban J connectivity index is 3.00. The first kappa shape index (κ1) is 14.0. The number of hydrogen-bond acceptors (Lipinski definition) is 2. The van der Waals surface area contributed by atoms with Gasteiger partial charge in [-0.3, -0.25) is 4.98 Å². The Morgan fingerprint density at radius 3 is 2.35 bits per heavy atom. The summed E-state index contributed by atoms with van der Waals surface area (Å²) in [5.41, 5.74) is -1.36. The topological polar surface area (TPSA) is 33.1 Å². The van der Waals surface area contributed by atoms with E-state index in [0.29, 0.717) is 0 Å². The molecular formula is C12H16F3NO. The molecular weight excluding hydrogens is 231 g/mol. The molecule has 0 aliphatic heterocycles. The Kier molecular flexibility index (Phi) is 3.81. The van der Waals surface area contributed by atoms with Gasteiger partial charge in [0.1, 0.15) is 0 Å². The van der Waals surface area contributed by atoms with Gasteiger partial charge in [-0.25, -0.2) is 0 Å². The van der Waals surface area contributed by atoms with Crippen molar-refractivity contribution in [2.75, 3.05) is 0 Å². The third-order valence-corrected chi connectivity index (χ3v) is 2.58. The van der Waals surface area contributed by atoms with Gasteiger partial charge in [0.05, 0.1) is 17.4 Å². The molecule has 0 saturated carbocycles. The van der Waals surface area contributed by atoms with Crippen LogP contribution in [0.25, 0.3) is 0 Å². The molecule has 0 saturated heterocycles. The van der Waals surface area contributed by atoms with Crippen molar-refractivity contribution >= 4 is 0 Å². The number of aliphatic hydroxyl groups is 1. The van der Waals surface area contributed by atoms with Crippen molar-refractivity contribution in [3.05, 3.63) is 29.6 Å². The van der Waals surface area contributed by atoms with E-state index in [1.165, 1.54) is 12.3 Å². The van der Waals surface area contributed by atoms with Gasteiger partial charge < -0.3 is 5.11 Å². The van der Waals surface area contributed by atoms with Crippen molar-refractivity contribution < 1.29 is 18.3 Å². The third-order valence-electron chi connectivity index (χ3n) is 2.58. The summed E-state index contributed by atoms with van der Waals surface area (Å²) < 4.78 is 38.0. The molecule has 0 radical (unpaired) electrons. The fourth-order valence-corrected chi connectivity index (χ4v) is 1.35. The first-order valence-corrected chi connectivity index (χ1v) is 5.31. The van der Waals surface area contributed by atoms with E-state index in [-0.39, 0.29) is 12.1 Å². The van der Waals surface area contributed by atoms with Crippen LogP contribution in [0.4, 0.5) is 13.2 Å². The molecule has 2 nitrogen and oxygen atoms in total. The van der Waals surface area contributed by atoms with Crippen LogP contribution in [0.15, 0.2) is 18.3 Å². The second-order valence-electron chi connectivity index (χ2n) is 5.08. The summed E-state index contributed by atoms with van der Waals surface area (Å²) in [6.07, 6.45) is -4.08. The predicted octanol–water partition coefficient (Wildman–Crippen LogP) is 3.05. The first-order chi connectivity index (χ1) is 7.62. The van der Waals surface area contributed by atoms with Crippen LogP contribution in [0, 0.1) is 5.41 Å². The fourth-order valence-electron chi connectivity index (χ4n) is 1.35. The molecule has 0 spiro atoms. The van der Waals surface area contributed by atoms with Gasteiger partial charge in [0.2, 0.25) is 0 Å². The van der Waals surface area contributed by atoms with E-state index in [4.69, 9.17) is 0 Å². The van der Waals surface area contributed by atoms with Gasteiger partial charge in [-0.1, -0.05) is 20.8 Å². The van der Waals surface area contributed by atoms with Crippen LogP contribution < -0.4 is 0 Å². The van der Waals surface area contributed by atoms with Gasteiger partial charge in [-0.05, 0) is 17.5 Å². The number of rotatable bonds is 2. The highest BCUT2D eigenvalue weighted by Crippen LogP contribution is 2.32. The zero-order valence-electron chi connectivity index (χ0n) is 10.0. The highest BCUT2D eigenvalue weighted by Gasteiger charge is 2.35. The Morgan fingerprint density at radius 1 is 1.29 bits per heavy atom. The number of halogens is 3. The number of aromatic nitrogens is 1. The molecule has 0 fully saturated rings. The first-order valence-electron chi connectivity index (χ1n) is 5.31. The highest BCUT2D eigenvalue weighted by molar-refractivity contribution is 5.23. The number of hydrogen-bond donors (Lipinski definition) is 1. The summed E-state index contributed by atoms with van der Waals surface area (Å²) in [6.45, 7) is 5.32. The van der Waals surface area contributed by atoms with Crippen molar-refractivity contribution in [1.82, 2.24) is 4.98 Å². The van der Waals surface area contributed by atoms with E-state index in [0.717, 1.165) is 6.07 Å². The minimum atomic E-state index is -4.43. The molecule has 96 valence electrons. The number of alkyl halides is 3. The van der Waals surface area contributed by atoms with E-state index >= 15 is 0 Å². The van der Waals surface area contributed by atoms with Crippen LogP contribution >= 0.6 is 0 Å². The lowest BCUT2D eigenvalue weighted by Crippen LogP contribution is -2.29. The monoisotopic (exact) mass is 247 g/mol. The standard InChI is InChI=1S/C12H16F3NO/c1-11(2,3)10(17)7-9-8(12(13,14)15)5-4-6-16-9/h4-6,10,17H,7H2,1-3H3. The van der Waals surface area contributed by atoms with Gasteiger partial charge >= 0.3 is 6.18 Å². The Morgan fingerprint density at radius 2 is 1.88 bits per heavy atom. The van der Waals surface area contributed by atoms with Crippen molar-refractivity contribution in [1.29, 1.82) is 0 Å². The van der Waals surface area contributed by atoms with E-state index in [1.807, 2.05) is 0 Å². The second kappa shape index (κ2) is 4.64. The van der Waals surface area contributed by atoms with Crippen molar-refractivity contribution in [2.45, 2.75) is 39.5 Å². The van der Waals surface area contributed by atoms with Gasteiger partial charge in [-0.2, -0.15) is 13.2 Å². The van der Waals surface area contributed by atoms with Gasteiger partial charge in [0, 0.05) is 12.6 Å². The maximum Gasteiger partial charge on any atom is 0.418 e. The molecule has 1 aromatic heterocycles. The molecule has 0 aliphatic carbocycles. The fraction of sp³-hybridized carbons (Fsp3) is 0.583. The Bertz CT molecular complexity index is 382. The Labute approximate surface area is 98.5 Å². The minimum absolute atomic E-state index is 0.0980. The molecule has 0 aromatic carbocycles. The van der Waals surface area contributed by atoms with E-state index in [1.54, 1.807) is 20.8 Å². The summed E-state index contributed by atoms with van der Waals surface area (Å²) in [5, 5.41) is 9.82. The molecule has 1 heterocycles. The molecule has 5 heteroatoms. The molecule has 0 bridgehead atoms. The number of pyridine rings is 1. The van der Waals surface area contributed by atoms with Gasteiger partial charge in [-0.15, -0.1) is 0 Å². The summed E-state index contributed by atoms with van der Waals surface area (Å²) in [7, 11) is 0. The minimum Gasteiger partial charge on any atom is -0.392 e. The van der Waals surface area contributed by atoms with Gasteiger partial charge in [0.15, 0.2) is 0 Å². The molecule has 1 unspecified atom stereocenters. The van der Waals surface area contributed by atoms with Crippen molar-refractivity contribution in [3.8, 4) is 0 Å². The molecule has 1 rings (SSSR count). The smallest absolute Gasteiger partial charge is 0.392 e. The quantitative estimate of drug-likeness (QED) is 0.871. The summed E-state index contributed by atoms with van der Waals surface area (Å²) in [4.78, 5) is 3.72. The predicted molar refractivity (Wildman–Crippen MR) is 58.4 cm³/mol. The molecule has 1 N–H and O–H groups in total. The summed E-state index contributed by atoms with van der Waals surface area (Å²) >= 11 is 0. The summed E-state index contributed by atoms with van der Waals surface area (Å²) in [5.74, 6) is 0. The average Bonchev–Trinajstić information content (AvgIpc) is 2.15. The number of aliphatic hydroxyl groups excluding tert-OH is 1. The van der Waals surface area contributed by atoms with Gasteiger partial charge in [0.25, 0.3) is 0 Å². The van der Waals surface area contributed by atoms with Crippen LogP contribution in [0.2, 0.25) is 0 Å². The second-order valence-corrected chi connectivity index (χ2v) is 5.08. The molecule has 0 amide bonds. The largest absolute Gasteiger partial charge is 0.418 e. The van der Waals surface area contributed by atoms with Crippen LogP contribution in [0.3, 0.4) is 0 Å². The lowest BCUT2D eigenvalue weighted by atomic mass is 9.86. The van der Waals surface area contributed by atoms with Crippen molar-refractivity contribution in [2.24, 2.45) is 5.41 Å².